The second-order valence-electron chi connectivity index (χ2n) is 5.94. The third kappa shape index (κ3) is 5.36. The quantitative estimate of drug-likeness (QED) is 0.404. The molecule has 1 aromatic heterocycles. The van der Waals surface area contributed by atoms with Crippen molar-refractivity contribution in [2.75, 3.05) is 17.2 Å². The van der Waals surface area contributed by atoms with Crippen LogP contribution < -0.4 is 20.5 Å². The maximum absolute atomic E-state index is 14.1. The fourth-order valence-electron chi connectivity index (χ4n) is 2.43. The largest absolute Gasteiger partial charge is 0.593 e. The Morgan fingerprint density at radius 1 is 1.21 bits per heavy atom. The number of hydrogen-bond acceptors (Lipinski definition) is 7. The lowest BCUT2D eigenvalue weighted by molar-refractivity contribution is 0.370. The van der Waals surface area contributed by atoms with Crippen LogP contribution in [-0.4, -0.2) is 21.1 Å². The number of rotatable bonds is 7. The van der Waals surface area contributed by atoms with Crippen LogP contribution in [0.5, 0.6) is 5.75 Å². The first-order chi connectivity index (χ1) is 14.0. The normalized spacial score (nSPS) is 11.4. The highest BCUT2D eigenvalue weighted by Gasteiger charge is 2.13. The Bertz CT molecular complexity index is 1040. The molecule has 0 bridgehead atoms. The summed E-state index contributed by atoms with van der Waals surface area (Å²) in [5, 5.41) is 11.3. The van der Waals surface area contributed by atoms with Crippen molar-refractivity contribution in [3.63, 3.8) is 0 Å². The molecule has 0 saturated heterocycles. The maximum Gasteiger partial charge on any atom is 0.229 e. The van der Waals surface area contributed by atoms with Crippen LogP contribution in [0.2, 0.25) is 0 Å². The SMILES string of the molecule is C#CCOc1ccc(Nc2nc(Nc3ccc(C)c([S+](N)[O-])c3)ncc2F)cc1. The van der Waals surface area contributed by atoms with Crippen molar-refractivity contribution in [1.82, 2.24) is 9.97 Å². The molecule has 29 heavy (non-hydrogen) atoms. The third-order valence-corrected chi connectivity index (χ3v) is 4.72. The predicted octanol–water partition coefficient (Wildman–Crippen LogP) is 3.40. The van der Waals surface area contributed by atoms with Crippen molar-refractivity contribution in [3.8, 4) is 18.1 Å². The summed E-state index contributed by atoms with van der Waals surface area (Å²) < 4.78 is 31.1. The molecule has 0 aliphatic carbocycles. The number of nitrogens with zero attached hydrogens (tertiary/aromatic N) is 2. The Kier molecular flexibility index (Phi) is 6.51. The molecule has 4 N–H and O–H groups in total. The van der Waals surface area contributed by atoms with Gasteiger partial charge in [0.05, 0.1) is 17.6 Å². The average Bonchev–Trinajstić information content (AvgIpc) is 2.71. The summed E-state index contributed by atoms with van der Waals surface area (Å²) in [5.41, 5.74) is 1.99. The van der Waals surface area contributed by atoms with Gasteiger partial charge in [0.1, 0.15) is 12.4 Å². The van der Waals surface area contributed by atoms with Gasteiger partial charge in [0, 0.05) is 23.0 Å². The molecular weight excluding hydrogens is 393 g/mol. The van der Waals surface area contributed by atoms with Gasteiger partial charge in [-0.25, -0.2) is 9.37 Å². The Morgan fingerprint density at radius 3 is 2.62 bits per heavy atom. The number of ether oxygens (including phenoxy) is 1. The van der Waals surface area contributed by atoms with E-state index in [1.807, 2.05) is 6.92 Å². The number of terminal acetylenes is 1. The van der Waals surface area contributed by atoms with Crippen molar-refractivity contribution in [2.24, 2.45) is 5.14 Å². The molecular formula is C20H18FN5O2S. The van der Waals surface area contributed by atoms with Crippen LogP contribution >= 0.6 is 0 Å². The number of aromatic nitrogens is 2. The lowest BCUT2D eigenvalue weighted by atomic mass is 10.2. The highest BCUT2D eigenvalue weighted by Crippen LogP contribution is 2.24. The van der Waals surface area contributed by atoms with Crippen LogP contribution in [0.15, 0.2) is 53.6 Å². The maximum atomic E-state index is 14.1. The van der Waals surface area contributed by atoms with Crippen LogP contribution in [0.3, 0.4) is 0 Å². The average molecular weight is 411 g/mol. The van der Waals surface area contributed by atoms with E-state index in [9.17, 15) is 8.94 Å². The number of aryl methyl sites for hydroxylation is 1. The minimum Gasteiger partial charge on any atom is -0.593 e. The topological polar surface area (TPSA) is 108 Å². The molecule has 148 valence electrons. The second-order valence-corrected chi connectivity index (χ2v) is 6.97. The molecule has 0 saturated carbocycles. The van der Waals surface area contributed by atoms with E-state index in [0.717, 1.165) is 11.8 Å². The van der Waals surface area contributed by atoms with Crippen molar-refractivity contribution < 1.29 is 13.7 Å². The van der Waals surface area contributed by atoms with E-state index in [1.54, 1.807) is 42.5 Å². The number of nitrogens with two attached hydrogens (primary N) is 1. The van der Waals surface area contributed by atoms with Gasteiger partial charge in [0.2, 0.25) is 5.95 Å². The predicted molar refractivity (Wildman–Crippen MR) is 111 cm³/mol. The Labute approximate surface area is 170 Å². The Balaban J connectivity index is 1.76. The lowest BCUT2D eigenvalue weighted by Crippen LogP contribution is -2.14. The molecule has 3 rings (SSSR count). The van der Waals surface area contributed by atoms with Crippen LogP contribution in [0.1, 0.15) is 5.56 Å². The molecule has 0 spiro atoms. The summed E-state index contributed by atoms with van der Waals surface area (Å²) in [6.07, 6.45) is 6.21. The molecule has 0 amide bonds. The van der Waals surface area contributed by atoms with Gasteiger partial charge in [0.25, 0.3) is 0 Å². The van der Waals surface area contributed by atoms with Gasteiger partial charge < -0.3 is 19.9 Å². The van der Waals surface area contributed by atoms with Gasteiger partial charge in [-0.2, -0.15) is 4.98 Å². The second kappa shape index (κ2) is 9.25. The van der Waals surface area contributed by atoms with E-state index >= 15 is 0 Å². The molecule has 9 heteroatoms. The summed E-state index contributed by atoms with van der Waals surface area (Å²) in [4.78, 5) is 8.58. The first kappa shape index (κ1) is 20.4. The molecule has 2 aromatic carbocycles. The smallest absolute Gasteiger partial charge is 0.229 e. The third-order valence-electron chi connectivity index (χ3n) is 3.84. The summed E-state index contributed by atoms with van der Waals surface area (Å²) in [7, 11) is 0. The Hall–Kier alpha value is -3.32. The monoisotopic (exact) mass is 411 g/mol. The summed E-state index contributed by atoms with van der Waals surface area (Å²) in [6.45, 7) is 1.98. The van der Waals surface area contributed by atoms with E-state index < -0.39 is 17.2 Å². The molecule has 0 aliphatic rings. The van der Waals surface area contributed by atoms with Crippen LogP contribution in [-0.2, 0) is 11.4 Å². The van der Waals surface area contributed by atoms with E-state index in [4.69, 9.17) is 16.3 Å². The lowest BCUT2D eigenvalue weighted by Gasteiger charge is -2.11. The van der Waals surface area contributed by atoms with Crippen molar-refractivity contribution in [3.05, 3.63) is 60.0 Å². The first-order valence-corrected chi connectivity index (χ1v) is 9.67. The van der Waals surface area contributed by atoms with E-state index in [0.29, 0.717) is 22.0 Å². The molecule has 0 fully saturated rings. The molecule has 0 aliphatic heterocycles. The minimum absolute atomic E-state index is 0.00507. The molecule has 1 unspecified atom stereocenters. The molecule has 1 atom stereocenters. The zero-order chi connectivity index (χ0) is 20.8. The number of nitrogens with one attached hydrogen (secondary N) is 2. The zero-order valence-electron chi connectivity index (χ0n) is 15.5. The highest BCUT2D eigenvalue weighted by atomic mass is 32.2. The van der Waals surface area contributed by atoms with Gasteiger partial charge in [-0.3, -0.25) is 0 Å². The minimum atomic E-state index is -1.62. The fourth-order valence-corrected chi connectivity index (χ4v) is 3.06. The van der Waals surface area contributed by atoms with E-state index in [2.05, 4.69) is 26.5 Å². The van der Waals surface area contributed by atoms with Gasteiger partial charge in [-0.05, 0) is 37.3 Å². The van der Waals surface area contributed by atoms with Gasteiger partial charge in [0.15, 0.2) is 16.5 Å². The zero-order valence-corrected chi connectivity index (χ0v) is 16.3. The van der Waals surface area contributed by atoms with Crippen LogP contribution in [0.25, 0.3) is 0 Å². The van der Waals surface area contributed by atoms with Gasteiger partial charge in [-0.1, -0.05) is 12.0 Å². The first-order valence-electron chi connectivity index (χ1n) is 8.46. The van der Waals surface area contributed by atoms with E-state index in [1.165, 1.54) is 0 Å². The summed E-state index contributed by atoms with van der Waals surface area (Å²) in [5.74, 6) is 2.53. The van der Waals surface area contributed by atoms with Crippen molar-refractivity contribution in [2.45, 2.75) is 11.8 Å². The standard InChI is InChI=1S/C20H18FN5O2S/c1-3-10-28-16-8-6-14(7-9-16)24-19-17(21)12-23-20(26-19)25-15-5-4-13(2)18(11-15)29(22)27/h1,4-9,11-12H,10,22H2,2H3,(H2,23,24,25,26). The molecule has 3 aromatic rings. The number of halogens is 1. The summed E-state index contributed by atoms with van der Waals surface area (Å²) in [6, 6.07) is 12.0. The van der Waals surface area contributed by atoms with Gasteiger partial charge >= 0.3 is 0 Å². The van der Waals surface area contributed by atoms with E-state index in [-0.39, 0.29) is 18.4 Å². The molecule has 7 nitrogen and oxygen atoms in total. The fraction of sp³-hybridized carbons (Fsp3) is 0.100. The Morgan fingerprint density at radius 2 is 1.93 bits per heavy atom. The highest BCUT2D eigenvalue weighted by molar-refractivity contribution is 7.89. The molecule has 1 heterocycles. The number of anilines is 4. The van der Waals surface area contributed by atoms with Crippen LogP contribution in [0, 0.1) is 25.1 Å². The summed E-state index contributed by atoms with van der Waals surface area (Å²) >= 11 is -1.62. The van der Waals surface area contributed by atoms with Crippen molar-refractivity contribution in [1.29, 1.82) is 0 Å². The van der Waals surface area contributed by atoms with Crippen molar-refractivity contribution >= 4 is 34.5 Å². The molecule has 0 radical (unpaired) electrons. The number of benzene rings is 2. The number of hydrogen-bond donors (Lipinski definition) is 3. The van der Waals surface area contributed by atoms with Gasteiger partial charge in [-0.15, -0.1) is 11.6 Å². The van der Waals surface area contributed by atoms with Crippen LogP contribution in [0.4, 0.5) is 27.5 Å².